The molecule has 0 aliphatic carbocycles. The predicted molar refractivity (Wildman–Crippen MR) is 56.3 cm³/mol. The van der Waals surface area contributed by atoms with Gasteiger partial charge in [0.05, 0.1) is 19.8 Å². The summed E-state index contributed by atoms with van der Waals surface area (Å²) < 4.78 is 10.3. The van der Waals surface area contributed by atoms with Crippen molar-refractivity contribution >= 4 is 0 Å². The van der Waals surface area contributed by atoms with E-state index in [0.29, 0.717) is 19.3 Å². The van der Waals surface area contributed by atoms with Crippen LogP contribution in [-0.2, 0) is 9.47 Å². The molecular formula is C10H22N2O2. The average molecular weight is 202 g/mol. The van der Waals surface area contributed by atoms with Crippen LogP contribution in [0.4, 0.5) is 0 Å². The van der Waals surface area contributed by atoms with Crippen molar-refractivity contribution < 1.29 is 9.47 Å². The van der Waals surface area contributed by atoms with E-state index >= 15 is 0 Å². The molecule has 2 N–H and O–H groups in total. The molecule has 0 aromatic carbocycles. The molecule has 1 atom stereocenters. The molecule has 14 heavy (non-hydrogen) atoms. The molecular weight excluding hydrogens is 180 g/mol. The van der Waals surface area contributed by atoms with E-state index < -0.39 is 0 Å². The lowest BCUT2D eigenvalue weighted by molar-refractivity contribution is 0.0528. The van der Waals surface area contributed by atoms with Gasteiger partial charge in [-0.05, 0) is 19.4 Å². The Kier molecular flexibility index (Phi) is 6.10. The molecule has 1 heterocycles. The molecule has 84 valence electrons. The monoisotopic (exact) mass is 202 g/mol. The van der Waals surface area contributed by atoms with Crippen molar-refractivity contribution in [1.82, 2.24) is 4.90 Å². The van der Waals surface area contributed by atoms with Gasteiger partial charge in [0.1, 0.15) is 0 Å². The number of piperidine rings is 1. The summed E-state index contributed by atoms with van der Waals surface area (Å²) in [6.45, 7) is 5.35. The van der Waals surface area contributed by atoms with Crippen molar-refractivity contribution in [1.29, 1.82) is 0 Å². The maximum atomic E-state index is 5.87. The summed E-state index contributed by atoms with van der Waals surface area (Å²) in [7, 11) is 1.69. The molecule has 1 aliphatic heterocycles. The summed E-state index contributed by atoms with van der Waals surface area (Å²) >= 11 is 0. The second kappa shape index (κ2) is 7.17. The minimum atomic E-state index is 0.364. The summed E-state index contributed by atoms with van der Waals surface area (Å²) in [6.07, 6.45) is 2.39. The lowest BCUT2D eigenvalue weighted by atomic mass is 10.1. The zero-order valence-electron chi connectivity index (χ0n) is 9.08. The van der Waals surface area contributed by atoms with Crippen molar-refractivity contribution in [2.24, 2.45) is 5.73 Å². The number of nitrogens with zero attached hydrogens (tertiary/aromatic N) is 1. The molecule has 0 amide bonds. The van der Waals surface area contributed by atoms with Crippen LogP contribution in [0, 0.1) is 0 Å². The minimum absolute atomic E-state index is 0.364. The second-order valence-corrected chi connectivity index (χ2v) is 3.81. The summed E-state index contributed by atoms with van der Waals surface area (Å²) in [4.78, 5) is 2.38. The number of methoxy groups -OCH3 is 1. The topological polar surface area (TPSA) is 47.7 Å². The third-order valence-corrected chi connectivity index (χ3v) is 2.53. The van der Waals surface area contributed by atoms with Crippen LogP contribution in [-0.4, -0.2) is 57.5 Å². The number of ether oxygens (including phenoxy) is 2. The van der Waals surface area contributed by atoms with Gasteiger partial charge in [-0.15, -0.1) is 0 Å². The van der Waals surface area contributed by atoms with Crippen molar-refractivity contribution in [2.75, 3.05) is 46.6 Å². The highest BCUT2D eigenvalue weighted by molar-refractivity contribution is 4.74. The number of likely N-dealkylation sites (tertiary alicyclic amines) is 1. The van der Waals surface area contributed by atoms with E-state index in [1.807, 2.05) is 0 Å². The molecule has 1 saturated heterocycles. The van der Waals surface area contributed by atoms with Crippen LogP contribution in [0.5, 0.6) is 0 Å². The van der Waals surface area contributed by atoms with Gasteiger partial charge in [-0.3, -0.25) is 4.90 Å². The highest BCUT2D eigenvalue weighted by Crippen LogP contribution is 2.07. The van der Waals surface area contributed by atoms with Gasteiger partial charge in [0, 0.05) is 26.2 Å². The smallest absolute Gasteiger partial charge is 0.0700 e. The quantitative estimate of drug-likeness (QED) is 0.619. The van der Waals surface area contributed by atoms with Crippen LogP contribution < -0.4 is 5.73 Å². The molecule has 0 spiro atoms. The van der Waals surface area contributed by atoms with Crippen molar-refractivity contribution in [3.63, 3.8) is 0 Å². The zero-order chi connectivity index (χ0) is 10.2. The van der Waals surface area contributed by atoms with Gasteiger partial charge in [-0.25, -0.2) is 0 Å². The SMILES string of the molecule is COCCOCCN1CCC[C@@H](N)C1. The summed E-state index contributed by atoms with van der Waals surface area (Å²) in [5.41, 5.74) is 5.87. The molecule has 1 rings (SSSR count). The van der Waals surface area contributed by atoms with Crippen LogP contribution in [0.3, 0.4) is 0 Å². The van der Waals surface area contributed by atoms with Crippen LogP contribution in [0.15, 0.2) is 0 Å². The minimum Gasteiger partial charge on any atom is -0.382 e. The molecule has 0 radical (unpaired) electrons. The highest BCUT2D eigenvalue weighted by atomic mass is 16.5. The Labute approximate surface area is 86.3 Å². The maximum Gasteiger partial charge on any atom is 0.0700 e. The van der Waals surface area contributed by atoms with E-state index in [1.54, 1.807) is 7.11 Å². The van der Waals surface area contributed by atoms with E-state index in [0.717, 1.165) is 19.7 Å². The van der Waals surface area contributed by atoms with Crippen molar-refractivity contribution in [3.05, 3.63) is 0 Å². The van der Waals surface area contributed by atoms with Gasteiger partial charge in [0.15, 0.2) is 0 Å². The number of rotatable bonds is 6. The third-order valence-electron chi connectivity index (χ3n) is 2.53. The summed E-state index contributed by atoms with van der Waals surface area (Å²) in [5, 5.41) is 0. The zero-order valence-corrected chi connectivity index (χ0v) is 9.08. The Morgan fingerprint density at radius 1 is 1.36 bits per heavy atom. The largest absolute Gasteiger partial charge is 0.382 e. The first-order valence-corrected chi connectivity index (χ1v) is 5.37. The second-order valence-electron chi connectivity index (χ2n) is 3.81. The first kappa shape index (κ1) is 11.9. The molecule has 0 saturated carbocycles. The fourth-order valence-corrected chi connectivity index (χ4v) is 1.73. The molecule has 4 nitrogen and oxygen atoms in total. The molecule has 0 aromatic heterocycles. The highest BCUT2D eigenvalue weighted by Gasteiger charge is 2.15. The molecule has 0 aromatic rings. The molecule has 1 fully saturated rings. The van der Waals surface area contributed by atoms with Crippen molar-refractivity contribution in [2.45, 2.75) is 18.9 Å². The first-order chi connectivity index (χ1) is 6.83. The van der Waals surface area contributed by atoms with Gasteiger partial charge in [0.2, 0.25) is 0 Å². The Bertz CT molecular complexity index is 144. The Balaban J connectivity index is 1.95. The Morgan fingerprint density at radius 2 is 2.21 bits per heavy atom. The number of nitrogens with two attached hydrogens (primary N) is 1. The third kappa shape index (κ3) is 4.91. The Hall–Kier alpha value is -0.160. The van der Waals surface area contributed by atoms with Crippen molar-refractivity contribution in [3.8, 4) is 0 Å². The molecule has 0 unspecified atom stereocenters. The van der Waals surface area contributed by atoms with E-state index in [9.17, 15) is 0 Å². The fourth-order valence-electron chi connectivity index (χ4n) is 1.73. The molecule has 0 bridgehead atoms. The van der Waals surface area contributed by atoms with Crippen LogP contribution in [0.25, 0.3) is 0 Å². The van der Waals surface area contributed by atoms with Gasteiger partial charge in [0.25, 0.3) is 0 Å². The molecule has 4 heteroatoms. The van der Waals surface area contributed by atoms with Gasteiger partial charge in [-0.2, -0.15) is 0 Å². The first-order valence-electron chi connectivity index (χ1n) is 5.37. The fraction of sp³-hybridized carbons (Fsp3) is 1.00. The van der Waals surface area contributed by atoms with Gasteiger partial charge in [-0.1, -0.05) is 0 Å². The lowest BCUT2D eigenvalue weighted by Gasteiger charge is -2.30. The van der Waals surface area contributed by atoms with E-state index in [4.69, 9.17) is 15.2 Å². The lowest BCUT2D eigenvalue weighted by Crippen LogP contribution is -2.44. The van der Waals surface area contributed by atoms with Crippen LogP contribution in [0.2, 0.25) is 0 Å². The van der Waals surface area contributed by atoms with Gasteiger partial charge < -0.3 is 15.2 Å². The Morgan fingerprint density at radius 3 is 2.93 bits per heavy atom. The van der Waals surface area contributed by atoms with Gasteiger partial charge >= 0.3 is 0 Å². The summed E-state index contributed by atoms with van der Waals surface area (Å²) in [6, 6.07) is 0.364. The average Bonchev–Trinajstić information content (AvgIpc) is 2.18. The molecule has 1 aliphatic rings. The maximum absolute atomic E-state index is 5.87. The van der Waals surface area contributed by atoms with Crippen LogP contribution in [0.1, 0.15) is 12.8 Å². The van der Waals surface area contributed by atoms with E-state index in [-0.39, 0.29) is 0 Å². The summed E-state index contributed by atoms with van der Waals surface area (Å²) in [5.74, 6) is 0. The standard InChI is InChI=1S/C10H22N2O2/c1-13-7-8-14-6-5-12-4-2-3-10(11)9-12/h10H,2-9,11H2,1H3/t10-/m1/s1. The number of hydrogen-bond donors (Lipinski definition) is 1. The number of hydrogen-bond acceptors (Lipinski definition) is 4. The van der Waals surface area contributed by atoms with E-state index in [1.165, 1.54) is 19.4 Å². The normalized spacial score (nSPS) is 24.0. The van der Waals surface area contributed by atoms with E-state index in [2.05, 4.69) is 4.90 Å². The predicted octanol–water partition coefficient (Wildman–Crippen LogP) is 0.0725. The van der Waals surface area contributed by atoms with Crippen LogP contribution >= 0.6 is 0 Å².